The van der Waals surface area contributed by atoms with Crippen LogP contribution in [0.5, 0.6) is 0 Å². The molecule has 8 N–H and O–H groups in total. The number of H-pyrrole nitrogens is 1. The van der Waals surface area contributed by atoms with Crippen molar-refractivity contribution in [3.05, 3.63) is 18.2 Å². The van der Waals surface area contributed by atoms with Crippen molar-refractivity contribution in [1.29, 1.82) is 0 Å². The van der Waals surface area contributed by atoms with E-state index in [1.54, 1.807) is 6.92 Å². The molecule has 1 aromatic rings. The third-order valence-electron chi connectivity index (χ3n) is 4.96. The maximum absolute atomic E-state index is 12.8. The zero-order chi connectivity index (χ0) is 23.7. The van der Waals surface area contributed by atoms with Crippen molar-refractivity contribution in [1.82, 2.24) is 25.9 Å². The van der Waals surface area contributed by atoms with E-state index in [9.17, 15) is 24.3 Å². The maximum Gasteiger partial charge on any atom is 0.325 e. The van der Waals surface area contributed by atoms with Crippen molar-refractivity contribution in [3.8, 4) is 0 Å². The predicted molar refractivity (Wildman–Crippen MR) is 111 cm³/mol. The van der Waals surface area contributed by atoms with Crippen LogP contribution in [0.1, 0.15) is 39.8 Å². The van der Waals surface area contributed by atoms with Crippen LogP contribution in [-0.4, -0.2) is 74.1 Å². The number of nitrogens with one attached hydrogen (secondary N) is 4. The molecule has 6 unspecified atom stereocenters. The lowest BCUT2D eigenvalue weighted by Crippen LogP contribution is -2.60. The average molecular weight is 441 g/mol. The fraction of sp³-hybridized carbons (Fsp3) is 0.632. The van der Waals surface area contributed by atoms with Crippen molar-refractivity contribution in [3.63, 3.8) is 0 Å². The van der Waals surface area contributed by atoms with Gasteiger partial charge in [0.05, 0.1) is 18.5 Å². The Balaban J connectivity index is 2.97. The number of aromatic amines is 1. The van der Waals surface area contributed by atoms with Crippen molar-refractivity contribution in [2.24, 2.45) is 11.7 Å². The van der Waals surface area contributed by atoms with Gasteiger partial charge in [-0.3, -0.25) is 19.2 Å². The minimum absolute atomic E-state index is 0.0171. The second-order valence-corrected chi connectivity index (χ2v) is 7.55. The van der Waals surface area contributed by atoms with Gasteiger partial charge in [-0.15, -0.1) is 0 Å². The molecule has 0 fully saturated rings. The van der Waals surface area contributed by atoms with Gasteiger partial charge in [-0.25, -0.2) is 4.98 Å². The first kappa shape index (κ1) is 26.0. The molecule has 0 saturated heterocycles. The van der Waals surface area contributed by atoms with Gasteiger partial charge < -0.3 is 36.9 Å². The highest BCUT2D eigenvalue weighted by molar-refractivity contribution is 5.94. The highest BCUT2D eigenvalue weighted by atomic mass is 16.4. The smallest absolute Gasteiger partial charge is 0.325 e. The van der Waals surface area contributed by atoms with E-state index < -0.39 is 54.0 Å². The number of amides is 3. The van der Waals surface area contributed by atoms with E-state index in [1.165, 1.54) is 26.4 Å². The van der Waals surface area contributed by atoms with Crippen LogP contribution in [0.25, 0.3) is 0 Å². The lowest BCUT2D eigenvalue weighted by atomic mass is 9.98. The quantitative estimate of drug-likeness (QED) is 0.199. The molecule has 0 radical (unpaired) electrons. The highest BCUT2D eigenvalue weighted by Crippen LogP contribution is 2.07. The van der Waals surface area contributed by atoms with E-state index in [4.69, 9.17) is 10.8 Å². The molecule has 0 saturated carbocycles. The zero-order valence-corrected chi connectivity index (χ0v) is 18.1. The van der Waals surface area contributed by atoms with Crippen LogP contribution in [0.3, 0.4) is 0 Å². The van der Waals surface area contributed by atoms with Gasteiger partial charge in [0.1, 0.15) is 18.1 Å². The van der Waals surface area contributed by atoms with Crippen molar-refractivity contribution in [2.45, 2.75) is 70.8 Å². The van der Waals surface area contributed by atoms with Crippen LogP contribution >= 0.6 is 0 Å². The first-order valence-corrected chi connectivity index (χ1v) is 10.0. The number of carboxylic acid groups (broad SMARTS) is 1. The van der Waals surface area contributed by atoms with E-state index in [0.29, 0.717) is 12.1 Å². The maximum atomic E-state index is 12.8. The number of carboxylic acids is 1. The lowest BCUT2D eigenvalue weighted by molar-refractivity contribution is -0.142. The van der Waals surface area contributed by atoms with E-state index in [2.05, 4.69) is 25.9 Å². The molecule has 174 valence electrons. The molecule has 0 aliphatic rings. The van der Waals surface area contributed by atoms with E-state index >= 15 is 0 Å². The largest absolute Gasteiger partial charge is 0.480 e. The molecule has 3 amide bonds. The summed E-state index contributed by atoms with van der Waals surface area (Å²) in [4.78, 5) is 55.4. The van der Waals surface area contributed by atoms with Gasteiger partial charge in [-0.05, 0) is 19.8 Å². The second-order valence-electron chi connectivity index (χ2n) is 7.55. The van der Waals surface area contributed by atoms with Gasteiger partial charge in [0.25, 0.3) is 0 Å². The molecule has 31 heavy (non-hydrogen) atoms. The summed E-state index contributed by atoms with van der Waals surface area (Å²) in [5.74, 6) is -3.56. The van der Waals surface area contributed by atoms with Crippen molar-refractivity contribution in [2.75, 3.05) is 0 Å². The number of hydrogen-bond acceptors (Lipinski definition) is 7. The van der Waals surface area contributed by atoms with Crippen LogP contribution in [0.2, 0.25) is 0 Å². The highest BCUT2D eigenvalue weighted by Gasteiger charge is 2.32. The summed E-state index contributed by atoms with van der Waals surface area (Å²) in [5, 5.41) is 26.2. The van der Waals surface area contributed by atoms with Crippen molar-refractivity contribution >= 4 is 23.7 Å². The van der Waals surface area contributed by atoms with Crippen LogP contribution in [0.4, 0.5) is 0 Å². The molecule has 6 atom stereocenters. The van der Waals surface area contributed by atoms with E-state index in [-0.39, 0.29) is 12.3 Å². The first-order valence-electron chi connectivity index (χ1n) is 10.0. The Bertz CT molecular complexity index is 753. The number of aliphatic hydroxyl groups is 1. The SMILES string of the molecule is CCC(C)C(N)C(=O)NC(C(=O)NC(Cc1cnc[nH]1)C(=O)NC(C)C(=O)O)C(C)O. The number of nitrogens with two attached hydrogens (primary N) is 1. The Morgan fingerprint density at radius 1 is 1.10 bits per heavy atom. The number of aliphatic hydroxyl groups excluding tert-OH is 1. The summed E-state index contributed by atoms with van der Waals surface area (Å²) in [6, 6.07) is -4.61. The predicted octanol–water partition coefficient (Wildman–Crippen LogP) is -1.73. The second kappa shape index (κ2) is 12.0. The summed E-state index contributed by atoms with van der Waals surface area (Å²) in [5.41, 5.74) is 6.40. The van der Waals surface area contributed by atoms with Crippen LogP contribution in [0.15, 0.2) is 12.5 Å². The topological polar surface area (TPSA) is 200 Å². The molecule has 12 nitrogen and oxygen atoms in total. The third kappa shape index (κ3) is 7.98. The van der Waals surface area contributed by atoms with Gasteiger partial charge in [-0.1, -0.05) is 20.3 Å². The monoisotopic (exact) mass is 440 g/mol. The number of imidazole rings is 1. The molecular weight excluding hydrogens is 408 g/mol. The number of nitrogens with zero attached hydrogens (tertiary/aromatic N) is 1. The Morgan fingerprint density at radius 2 is 1.74 bits per heavy atom. The van der Waals surface area contributed by atoms with Gasteiger partial charge >= 0.3 is 5.97 Å². The van der Waals surface area contributed by atoms with Crippen LogP contribution in [-0.2, 0) is 25.6 Å². The average Bonchev–Trinajstić information content (AvgIpc) is 3.22. The number of carbonyl (C=O) groups excluding carboxylic acids is 3. The van der Waals surface area contributed by atoms with Crippen LogP contribution in [0, 0.1) is 5.92 Å². The Kier molecular flexibility index (Phi) is 10.1. The molecule has 0 spiro atoms. The fourth-order valence-corrected chi connectivity index (χ4v) is 2.63. The summed E-state index contributed by atoms with van der Waals surface area (Å²) >= 11 is 0. The summed E-state index contributed by atoms with van der Waals surface area (Å²) in [7, 11) is 0. The molecule has 0 aliphatic heterocycles. The third-order valence-corrected chi connectivity index (χ3v) is 4.96. The normalized spacial score (nSPS) is 16.8. The number of carbonyl (C=O) groups is 4. The molecule has 12 heteroatoms. The summed E-state index contributed by atoms with van der Waals surface area (Å²) < 4.78 is 0. The Morgan fingerprint density at radius 3 is 2.23 bits per heavy atom. The van der Waals surface area contributed by atoms with E-state index in [0.717, 1.165) is 0 Å². The lowest BCUT2D eigenvalue weighted by Gasteiger charge is -2.27. The van der Waals surface area contributed by atoms with Gasteiger partial charge in [0.2, 0.25) is 17.7 Å². The number of aromatic nitrogens is 2. The number of hydrogen-bond donors (Lipinski definition) is 7. The van der Waals surface area contributed by atoms with Crippen LogP contribution < -0.4 is 21.7 Å². The fourth-order valence-electron chi connectivity index (χ4n) is 2.63. The molecule has 0 bridgehead atoms. The standard InChI is InChI=1S/C19H32N6O6/c1-5-9(2)14(20)17(28)25-15(11(4)26)18(29)24-13(6-12-7-21-8-22-12)16(27)23-10(3)19(30)31/h7-11,13-15,26H,5-6,20H2,1-4H3,(H,21,22)(H,23,27)(H,24,29)(H,25,28)(H,30,31). The first-order chi connectivity index (χ1) is 14.5. The van der Waals surface area contributed by atoms with Gasteiger partial charge in [0, 0.05) is 18.3 Å². The summed E-state index contributed by atoms with van der Waals surface area (Å²) in [6.45, 7) is 6.25. The number of aliphatic carboxylic acids is 1. The molecule has 1 rings (SSSR count). The molecule has 0 aromatic carbocycles. The van der Waals surface area contributed by atoms with E-state index in [1.807, 2.05) is 6.92 Å². The minimum atomic E-state index is -1.36. The number of rotatable bonds is 12. The zero-order valence-electron chi connectivity index (χ0n) is 18.1. The molecular formula is C19H32N6O6. The Labute approximate surface area is 180 Å². The molecule has 1 heterocycles. The van der Waals surface area contributed by atoms with Gasteiger partial charge in [0.15, 0.2) is 0 Å². The van der Waals surface area contributed by atoms with Crippen molar-refractivity contribution < 1.29 is 29.4 Å². The van der Waals surface area contributed by atoms with Gasteiger partial charge in [-0.2, -0.15) is 0 Å². The molecule has 1 aromatic heterocycles. The molecule has 0 aliphatic carbocycles. The summed E-state index contributed by atoms with van der Waals surface area (Å²) in [6.07, 6.45) is 2.19. The minimum Gasteiger partial charge on any atom is -0.480 e. The Hall–Kier alpha value is -2.99.